The van der Waals surface area contributed by atoms with E-state index >= 15 is 0 Å². The molecule has 1 unspecified atom stereocenters. The molecule has 26 heavy (non-hydrogen) atoms. The monoisotopic (exact) mass is 347 g/mol. The number of nitrogens with zero attached hydrogens (tertiary/aromatic N) is 3. The number of nitrogens with one attached hydrogen (secondary N) is 1. The maximum Gasteiger partial charge on any atom is 0.123 e. The smallest absolute Gasteiger partial charge is 0.123 e. The van der Waals surface area contributed by atoms with Crippen LogP contribution < -0.4 is 5.32 Å². The van der Waals surface area contributed by atoms with E-state index in [4.69, 9.17) is 5.32 Å². The van der Waals surface area contributed by atoms with Crippen molar-refractivity contribution in [2.24, 2.45) is 0 Å². The zero-order valence-electron chi connectivity index (χ0n) is 14.5. The van der Waals surface area contributed by atoms with Crippen LogP contribution in [-0.2, 0) is 6.42 Å². The quantitative estimate of drug-likeness (QED) is 0.786. The molecule has 1 aromatic heterocycles. The third-order valence-electron chi connectivity index (χ3n) is 5.05. The van der Waals surface area contributed by atoms with Gasteiger partial charge in [-0.25, -0.2) is 9.71 Å². The summed E-state index contributed by atoms with van der Waals surface area (Å²) >= 11 is 0. The second-order valence-corrected chi connectivity index (χ2v) is 6.68. The predicted molar refractivity (Wildman–Crippen MR) is 99.3 cm³/mol. The van der Waals surface area contributed by atoms with Gasteiger partial charge in [-0.05, 0) is 29.7 Å². The number of aromatic nitrogens is 1. The molecule has 1 aliphatic heterocycles. The van der Waals surface area contributed by atoms with Crippen LogP contribution in [0.4, 0.5) is 4.39 Å². The lowest BCUT2D eigenvalue weighted by atomic mass is 10.0. The Morgan fingerprint density at radius 2 is 2.08 bits per heavy atom. The molecule has 0 bridgehead atoms. The Labute approximate surface area is 152 Å². The number of benzene rings is 2. The number of hydrogen-bond donors (Lipinski definition) is 1. The molecule has 1 saturated heterocycles. The van der Waals surface area contributed by atoms with E-state index in [2.05, 4.69) is 22.0 Å². The highest BCUT2D eigenvalue weighted by Gasteiger charge is 2.24. The van der Waals surface area contributed by atoms with Gasteiger partial charge in [0.2, 0.25) is 0 Å². The summed E-state index contributed by atoms with van der Waals surface area (Å²) in [7, 11) is 0. The summed E-state index contributed by atoms with van der Waals surface area (Å²) in [6, 6.07) is 15.1. The van der Waals surface area contributed by atoms with Gasteiger partial charge >= 0.3 is 0 Å². The molecular formula is C21H20FN4. The Morgan fingerprint density at radius 1 is 1.23 bits per heavy atom. The van der Waals surface area contributed by atoms with Crippen LogP contribution in [0, 0.1) is 17.1 Å². The van der Waals surface area contributed by atoms with Gasteiger partial charge in [-0.2, -0.15) is 5.26 Å². The maximum atomic E-state index is 13.0. The first-order valence-electron chi connectivity index (χ1n) is 8.88. The van der Waals surface area contributed by atoms with Gasteiger partial charge in [0.25, 0.3) is 0 Å². The minimum atomic E-state index is -0.193. The Hall–Kier alpha value is -2.68. The van der Waals surface area contributed by atoms with E-state index in [0.717, 1.165) is 54.6 Å². The molecule has 1 fully saturated rings. The van der Waals surface area contributed by atoms with Crippen LogP contribution in [-0.4, -0.2) is 36.1 Å². The molecule has 1 radical (unpaired) electrons. The van der Waals surface area contributed by atoms with Gasteiger partial charge in [-0.15, -0.1) is 0 Å². The number of halogens is 1. The van der Waals surface area contributed by atoms with E-state index in [1.165, 1.54) is 12.1 Å². The van der Waals surface area contributed by atoms with Gasteiger partial charge in [0.1, 0.15) is 11.9 Å². The molecule has 0 spiro atoms. The van der Waals surface area contributed by atoms with Crippen molar-refractivity contribution in [2.75, 3.05) is 26.2 Å². The van der Waals surface area contributed by atoms with Crippen LogP contribution in [0.25, 0.3) is 10.9 Å². The first kappa shape index (κ1) is 16.8. The van der Waals surface area contributed by atoms with Crippen molar-refractivity contribution in [3.8, 4) is 6.07 Å². The van der Waals surface area contributed by atoms with Crippen molar-refractivity contribution < 1.29 is 4.39 Å². The lowest BCUT2D eigenvalue weighted by Crippen LogP contribution is -2.43. The number of H-pyrrole nitrogens is 1. The van der Waals surface area contributed by atoms with Crippen molar-refractivity contribution in [3.05, 3.63) is 71.2 Å². The second kappa shape index (κ2) is 7.28. The molecule has 0 saturated carbocycles. The largest absolute Gasteiger partial charge is 0.360 e. The zero-order chi connectivity index (χ0) is 17.9. The molecule has 0 aliphatic carbocycles. The topological polar surface area (TPSA) is 56.9 Å². The fraction of sp³-hybridized carbons (Fsp3) is 0.286. The highest BCUT2D eigenvalue weighted by atomic mass is 19.1. The molecule has 4 rings (SSSR count). The van der Waals surface area contributed by atoms with E-state index in [1.807, 2.05) is 24.3 Å². The van der Waals surface area contributed by atoms with E-state index in [9.17, 15) is 9.65 Å². The summed E-state index contributed by atoms with van der Waals surface area (Å²) in [5.74, 6) is -0.193. The molecule has 1 N–H and O–H groups in total. The minimum absolute atomic E-state index is 0.103. The average Bonchev–Trinajstić information content (AvgIpc) is 3.11. The van der Waals surface area contributed by atoms with Gasteiger partial charge in [-0.1, -0.05) is 30.3 Å². The molecule has 0 amide bonds. The van der Waals surface area contributed by atoms with Gasteiger partial charge in [0, 0.05) is 37.8 Å². The molecule has 1 aliphatic rings. The molecular weight excluding hydrogens is 327 g/mol. The van der Waals surface area contributed by atoms with Crippen LogP contribution in [0.5, 0.6) is 0 Å². The van der Waals surface area contributed by atoms with Gasteiger partial charge in [-0.3, -0.25) is 4.90 Å². The first-order chi connectivity index (χ1) is 12.7. The highest BCUT2D eigenvalue weighted by molar-refractivity contribution is 5.88. The fourth-order valence-corrected chi connectivity index (χ4v) is 3.63. The van der Waals surface area contributed by atoms with Crippen molar-refractivity contribution in [3.63, 3.8) is 0 Å². The van der Waals surface area contributed by atoms with Gasteiger partial charge < -0.3 is 4.98 Å². The summed E-state index contributed by atoms with van der Waals surface area (Å²) in [5, 5.41) is 15.0. The molecule has 5 heteroatoms. The first-order valence-corrected chi connectivity index (χ1v) is 8.88. The van der Waals surface area contributed by atoms with Gasteiger partial charge in [0.05, 0.1) is 17.1 Å². The lowest BCUT2D eigenvalue weighted by Gasteiger charge is -2.33. The molecule has 4 nitrogen and oxygen atoms in total. The number of rotatable bonds is 4. The third kappa shape index (κ3) is 3.34. The lowest BCUT2D eigenvalue weighted by molar-refractivity contribution is 0.200. The van der Waals surface area contributed by atoms with Crippen LogP contribution in [0.3, 0.4) is 0 Å². The second-order valence-electron chi connectivity index (χ2n) is 6.68. The van der Waals surface area contributed by atoms with E-state index in [1.54, 1.807) is 6.20 Å². The number of nitriles is 1. The molecule has 2 heterocycles. The maximum absolute atomic E-state index is 13.0. The molecule has 3 aromatic rings. The Bertz CT molecular complexity index is 939. The van der Waals surface area contributed by atoms with E-state index in [-0.39, 0.29) is 11.9 Å². The van der Waals surface area contributed by atoms with E-state index in [0.29, 0.717) is 5.56 Å². The Kier molecular flexibility index (Phi) is 4.70. The molecule has 2 aromatic carbocycles. The normalized spacial score (nSPS) is 18.1. The average molecular weight is 347 g/mol. The predicted octanol–water partition coefficient (Wildman–Crippen LogP) is 3.38. The third-order valence-corrected chi connectivity index (χ3v) is 5.05. The summed E-state index contributed by atoms with van der Waals surface area (Å²) in [6.45, 7) is 3.54. The SMILES string of the molecule is N#Cc1c[nH]c2c(C3CN(CCc4ccc(F)cc4)CC[N]3)cccc12. The number of piperazine rings is 1. The fourth-order valence-electron chi connectivity index (χ4n) is 3.63. The standard InChI is InChI=1S/C21H20FN4/c22-17-6-4-15(5-7-17)8-10-26-11-9-24-20(14-26)19-3-1-2-18-16(12-23)13-25-21(18)19/h1-7,13,20,25H,8-11,14H2. The zero-order valence-corrected chi connectivity index (χ0v) is 14.5. The highest BCUT2D eigenvalue weighted by Crippen LogP contribution is 2.28. The summed E-state index contributed by atoms with van der Waals surface area (Å²) in [6.07, 6.45) is 2.67. The Balaban J connectivity index is 1.48. The van der Waals surface area contributed by atoms with Crippen LogP contribution in [0.1, 0.15) is 22.7 Å². The van der Waals surface area contributed by atoms with Crippen LogP contribution >= 0.6 is 0 Å². The van der Waals surface area contributed by atoms with Crippen LogP contribution in [0.15, 0.2) is 48.7 Å². The summed E-state index contributed by atoms with van der Waals surface area (Å²) in [5.41, 5.74) is 3.98. The summed E-state index contributed by atoms with van der Waals surface area (Å²) in [4.78, 5) is 5.66. The van der Waals surface area contributed by atoms with E-state index < -0.39 is 0 Å². The number of aromatic amines is 1. The van der Waals surface area contributed by atoms with Gasteiger partial charge in [0.15, 0.2) is 0 Å². The number of hydrogen-bond acceptors (Lipinski definition) is 2. The van der Waals surface area contributed by atoms with Crippen molar-refractivity contribution in [2.45, 2.75) is 12.5 Å². The van der Waals surface area contributed by atoms with Crippen molar-refractivity contribution in [1.82, 2.24) is 15.2 Å². The minimum Gasteiger partial charge on any atom is -0.360 e. The molecule has 131 valence electrons. The molecule has 1 atom stereocenters. The van der Waals surface area contributed by atoms with Crippen LogP contribution in [0.2, 0.25) is 0 Å². The number of para-hydroxylation sites is 1. The Morgan fingerprint density at radius 3 is 2.88 bits per heavy atom. The number of fused-ring (bicyclic) bond motifs is 1. The van der Waals surface area contributed by atoms with Crippen molar-refractivity contribution in [1.29, 1.82) is 5.26 Å². The van der Waals surface area contributed by atoms with Crippen molar-refractivity contribution >= 4 is 10.9 Å². The summed E-state index contributed by atoms with van der Waals surface area (Å²) < 4.78 is 13.0.